The lowest BCUT2D eigenvalue weighted by Crippen LogP contribution is -2.50. The fraction of sp³-hybridized carbons (Fsp3) is 0.571. The minimum absolute atomic E-state index is 0.553. The van der Waals surface area contributed by atoms with E-state index in [0.29, 0.717) is 14.3 Å². The van der Waals surface area contributed by atoms with Crippen LogP contribution < -0.4 is 31.4 Å². The summed E-state index contributed by atoms with van der Waals surface area (Å²) in [5, 5.41) is 13.2. The number of aryl methyl sites for hydroxylation is 2. The van der Waals surface area contributed by atoms with Gasteiger partial charge in [0.05, 0.1) is 16.1 Å². The van der Waals surface area contributed by atoms with Crippen LogP contribution >= 0.6 is 15.4 Å². The Morgan fingerprint density at radius 1 is 0.541 bits per heavy atom. The van der Waals surface area contributed by atoms with Crippen LogP contribution in [0.1, 0.15) is 162 Å². The van der Waals surface area contributed by atoms with Crippen LogP contribution in [-0.4, -0.2) is 22.2 Å². The molecule has 2 unspecified atom stereocenters. The van der Waals surface area contributed by atoms with Crippen molar-refractivity contribution in [1.29, 1.82) is 0 Å². The number of rotatable bonds is 27. The first kappa shape index (κ1) is 50.1. The van der Waals surface area contributed by atoms with Gasteiger partial charge < -0.3 is 0 Å². The maximum absolute atomic E-state index is 4.80. The van der Waals surface area contributed by atoms with Crippen molar-refractivity contribution in [3.63, 3.8) is 0 Å². The molecule has 0 aromatic heterocycles. The number of hydrogen-bond donors (Lipinski definition) is 1. The molecule has 1 aliphatic carbocycles. The summed E-state index contributed by atoms with van der Waals surface area (Å²) in [7, 11) is -5.14. The quantitative estimate of drug-likeness (QED) is 0.0465. The van der Waals surface area contributed by atoms with Gasteiger partial charge in [-0.05, 0) is 67.1 Å². The number of benzene rings is 4. The van der Waals surface area contributed by atoms with Crippen molar-refractivity contribution in [2.45, 2.75) is 207 Å². The zero-order valence-corrected chi connectivity index (χ0v) is 44.3. The molecule has 0 radical (unpaired) electrons. The van der Waals surface area contributed by atoms with Gasteiger partial charge in [0.1, 0.15) is 18.9 Å². The maximum Gasteiger partial charge on any atom is 0.165 e. The zero-order chi connectivity index (χ0) is 43.6. The van der Waals surface area contributed by atoms with Crippen molar-refractivity contribution in [1.82, 2.24) is 5.09 Å². The number of hydrogen-bond acceptors (Lipinski definition) is 1. The first-order valence-corrected chi connectivity index (χ1v) is 34.5. The third-order valence-corrected chi connectivity index (χ3v) is 33.3. The van der Waals surface area contributed by atoms with Crippen molar-refractivity contribution in [3.8, 4) is 11.1 Å². The van der Waals surface area contributed by atoms with Crippen LogP contribution in [0.15, 0.2) is 91.0 Å². The molecule has 0 spiro atoms. The van der Waals surface area contributed by atoms with Crippen LogP contribution in [-0.2, 0) is 0 Å². The molecule has 0 saturated heterocycles. The zero-order valence-electron chi connectivity index (χ0n) is 40.4. The van der Waals surface area contributed by atoms with Gasteiger partial charge >= 0.3 is 0 Å². The Hall–Kier alpha value is -1.87. The second kappa shape index (κ2) is 25.6. The van der Waals surface area contributed by atoms with E-state index in [1.807, 2.05) is 0 Å². The van der Waals surface area contributed by atoms with E-state index in [1.54, 1.807) is 31.9 Å². The van der Waals surface area contributed by atoms with E-state index < -0.39 is 23.2 Å². The summed E-state index contributed by atoms with van der Waals surface area (Å²) in [5.41, 5.74) is 6.05. The molecule has 5 rings (SSSR count). The van der Waals surface area contributed by atoms with E-state index in [9.17, 15) is 0 Å². The lowest BCUT2D eigenvalue weighted by atomic mass is 9.96. The second-order valence-electron chi connectivity index (χ2n) is 19.3. The highest BCUT2D eigenvalue weighted by Gasteiger charge is 2.49. The molecule has 0 aliphatic heterocycles. The van der Waals surface area contributed by atoms with Crippen LogP contribution in [0.4, 0.5) is 0 Å². The van der Waals surface area contributed by atoms with Gasteiger partial charge in [0, 0.05) is 11.3 Å². The predicted molar refractivity (Wildman–Crippen MR) is 287 cm³/mol. The summed E-state index contributed by atoms with van der Waals surface area (Å²) in [6.45, 7) is 19.4. The van der Waals surface area contributed by atoms with Gasteiger partial charge in [0.15, 0.2) is 7.10 Å². The Morgan fingerprint density at radius 3 is 1.59 bits per heavy atom. The van der Waals surface area contributed by atoms with Crippen molar-refractivity contribution >= 4 is 57.8 Å². The molecule has 5 heteroatoms. The van der Waals surface area contributed by atoms with Crippen LogP contribution in [0.3, 0.4) is 0 Å². The molecule has 1 N–H and O–H groups in total. The third-order valence-electron chi connectivity index (χ3n) is 14.7. The minimum Gasteiger partial charge on any atom is -0.178 e. The molecule has 2 atom stereocenters. The van der Waals surface area contributed by atoms with Gasteiger partial charge in [0.2, 0.25) is 0 Å². The predicted octanol–water partition coefficient (Wildman–Crippen LogP) is 15.8. The number of unbranched alkanes of at least 4 members (excludes halogenated alkanes) is 6. The van der Waals surface area contributed by atoms with Gasteiger partial charge in [-0.3, -0.25) is 0 Å². The van der Waals surface area contributed by atoms with Crippen LogP contribution in [0.25, 0.3) is 11.1 Å². The fourth-order valence-corrected chi connectivity index (χ4v) is 31.2. The Morgan fingerprint density at radius 2 is 1.05 bits per heavy atom. The van der Waals surface area contributed by atoms with E-state index in [-0.39, 0.29) is 0 Å². The molecule has 334 valence electrons. The highest BCUT2D eigenvalue weighted by Crippen LogP contribution is 2.70. The molecular weight excluding hydrogens is 805 g/mol. The maximum atomic E-state index is 4.80. The second-order valence-corrected chi connectivity index (χ2v) is 34.6. The number of nitrogens with one attached hydrogen (secondary N) is 1. The average Bonchev–Trinajstić information content (AvgIpc) is 3.29. The van der Waals surface area contributed by atoms with Crippen molar-refractivity contribution in [2.75, 3.05) is 0 Å². The largest absolute Gasteiger partial charge is 0.178 e. The highest BCUT2D eigenvalue weighted by atomic mass is 32.1. The Bertz CT molecular complexity index is 1840. The van der Waals surface area contributed by atoms with E-state index in [4.69, 9.17) is 5.09 Å². The van der Waals surface area contributed by atoms with Crippen LogP contribution in [0, 0.1) is 13.8 Å². The standard InChI is InChI=1S/C56H88NP2Si2/c1-9-15-40-60(41-16-10-2,42-17-11-3)51-35-28-34-50(46-51)59(54-38-27-25-31-48(54)8,57-49-32-22-21-23-33-49)58-53-37-29-39-55(56(53)52-36-26-24-30-47(52)7)61(43-18-12-4,44-19-13-5)45-20-14-6/h24-31,34-39,46,49,57-58H,9-23,32-33,40-45H2,1-8H3/q+1. The smallest absolute Gasteiger partial charge is 0.165 e. The lowest BCUT2D eigenvalue weighted by molar-refractivity contribution is 0.421. The Balaban J connectivity index is 1.88. The normalized spacial score (nSPS) is 15.1. The molecule has 1 aliphatic rings. The topological polar surface area (TPSA) is 12.0 Å². The van der Waals surface area contributed by atoms with Gasteiger partial charge in [-0.15, -0.1) is 0 Å². The van der Waals surface area contributed by atoms with Gasteiger partial charge in [-0.1, -0.05) is 257 Å². The van der Waals surface area contributed by atoms with Gasteiger partial charge in [0.25, 0.3) is 0 Å². The summed E-state index contributed by atoms with van der Waals surface area (Å²) in [4.78, 5) is 0. The first-order chi connectivity index (χ1) is 29.8. The molecule has 0 amide bonds. The van der Waals surface area contributed by atoms with Crippen LogP contribution in [0.5, 0.6) is 0 Å². The molecule has 4 aromatic carbocycles. The van der Waals surface area contributed by atoms with Crippen LogP contribution in [0.2, 0.25) is 36.3 Å². The van der Waals surface area contributed by atoms with E-state index in [1.165, 1.54) is 162 Å². The minimum atomic E-state index is -2.19. The average molecular weight is 893 g/mol. The first-order valence-electron chi connectivity index (χ1n) is 25.6. The van der Waals surface area contributed by atoms with E-state index >= 15 is 0 Å². The summed E-state index contributed by atoms with van der Waals surface area (Å²) in [5.74, 6) is 0. The fourth-order valence-electron chi connectivity index (χ4n) is 11.0. The molecule has 1 nitrogen and oxygen atoms in total. The molecule has 0 bridgehead atoms. The highest BCUT2D eigenvalue weighted by molar-refractivity contribution is 8.39. The van der Waals surface area contributed by atoms with Gasteiger partial charge in [-0.25, -0.2) is 0 Å². The molecular formula is C56H88NP2Si2+. The van der Waals surface area contributed by atoms with Gasteiger partial charge in [-0.2, -0.15) is 5.09 Å². The SMILES string of the molecule is CCCC[Si](CCCC)(CCCC)c1cccc([P+](NC2CCCCC2)(Pc2cccc([Si](CCCC)(CCCC)CCCC)c2-c2ccccc2C)c2ccccc2C)c1. The Kier molecular flexibility index (Phi) is 21.0. The van der Waals surface area contributed by atoms with Crippen molar-refractivity contribution < 1.29 is 0 Å². The third kappa shape index (κ3) is 12.7. The summed E-state index contributed by atoms with van der Waals surface area (Å²) in [6, 6.07) is 46.8. The van der Waals surface area contributed by atoms with E-state index in [0.717, 1.165) is 0 Å². The van der Waals surface area contributed by atoms with Crippen molar-refractivity contribution in [3.05, 3.63) is 102 Å². The van der Waals surface area contributed by atoms with Crippen molar-refractivity contribution in [2.24, 2.45) is 0 Å². The Labute approximate surface area is 381 Å². The molecule has 1 saturated carbocycles. The summed E-state index contributed by atoms with van der Waals surface area (Å²) in [6.07, 6.45) is 22.6. The monoisotopic (exact) mass is 893 g/mol. The summed E-state index contributed by atoms with van der Waals surface area (Å²) < 4.78 is 0. The molecule has 4 aromatic rings. The molecule has 61 heavy (non-hydrogen) atoms. The van der Waals surface area contributed by atoms with E-state index in [2.05, 4.69) is 146 Å². The molecule has 0 heterocycles. The lowest BCUT2D eigenvalue weighted by Gasteiger charge is -2.38. The summed E-state index contributed by atoms with van der Waals surface area (Å²) >= 11 is 0. The molecule has 1 fully saturated rings.